The third-order valence-electron chi connectivity index (χ3n) is 6.95. The molecule has 0 aliphatic carbocycles. The van der Waals surface area contributed by atoms with Gasteiger partial charge in [0.1, 0.15) is 46.9 Å². The van der Waals surface area contributed by atoms with Gasteiger partial charge in [-0.05, 0) is 66.6 Å². The molecule has 0 radical (unpaired) electrons. The number of hydroxylamine groups is 2. The summed E-state index contributed by atoms with van der Waals surface area (Å²) in [5.74, 6) is -2.65. The maximum atomic E-state index is 14.0. The highest BCUT2D eigenvalue weighted by atomic mass is 32.2. The second-order valence-electron chi connectivity index (χ2n) is 10.2. The van der Waals surface area contributed by atoms with Gasteiger partial charge in [-0.3, -0.25) is 9.59 Å². The van der Waals surface area contributed by atoms with Crippen LogP contribution >= 0.6 is 11.8 Å². The number of benzene rings is 3. The van der Waals surface area contributed by atoms with Crippen molar-refractivity contribution in [2.45, 2.75) is 31.2 Å². The van der Waals surface area contributed by atoms with Crippen LogP contribution in [-0.4, -0.2) is 53.0 Å². The number of ketones is 1. The number of hydrogen-bond donors (Lipinski definition) is 2. The largest absolute Gasteiger partial charge is 0.627 e. The standard InChI is InChI=1S/C30H30F2N2O6S/c1-18(2)28(30(37)38)33-27(36)16-40-24-13-5-20(6-14-24)29-26(15-34(29,39)23-11-9-22(32)10-12-23)41-17-25(35)19-3-7-21(31)8-4-19/h3-14,18,26,28-29H,15-17H2,1-2H3,(H,33,36)(H,37,38)/t26-,28-,29-,34?/m1/s1. The Kier molecular flexibility index (Phi) is 9.42. The molecule has 1 aliphatic heterocycles. The number of thioether (sulfide) groups is 1. The van der Waals surface area contributed by atoms with E-state index in [0.717, 1.165) is 0 Å². The fourth-order valence-corrected chi connectivity index (χ4v) is 6.11. The number of carboxylic acids is 1. The van der Waals surface area contributed by atoms with Crippen LogP contribution in [0.5, 0.6) is 5.75 Å². The summed E-state index contributed by atoms with van der Waals surface area (Å²) in [6.07, 6.45) is 0. The number of ether oxygens (including phenoxy) is 1. The number of nitrogens with one attached hydrogen (secondary N) is 1. The van der Waals surface area contributed by atoms with E-state index in [9.17, 15) is 33.5 Å². The lowest BCUT2D eigenvalue weighted by Crippen LogP contribution is -2.65. The first-order valence-electron chi connectivity index (χ1n) is 13.0. The number of quaternary nitrogens is 1. The number of hydrogen-bond acceptors (Lipinski definition) is 6. The predicted octanol–water partition coefficient (Wildman–Crippen LogP) is 5.11. The van der Waals surface area contributed by atoms with Crippen LogP contribution in [0.3, 0.4) is 0 Å². The zero-order valence-corrected chi connectivity index (χ0v) is 23.3. The number of halogens is 2. The first kappa shape index (κ1) is 30.2. The van der Waals surface area contributed by atoms with Crippen molar-refractivity contribution in [3.63, 3.8) is 0 Å². The predicted molar refractivity (Wildman–Crippen MR) is 152 cm³/mol. The molecule has 1 amide bonds. The fourth-order valence-electron chi connectivity index (χ4n) is 4.71. The topological polar surface area (TPSA) is 116 Å². The molecule has 216 valence electrons. The van der Waals surface area contributed by atoms with Crippen LogP contribution in [0.25, 0.3) is 0 Å². The van der Waals surface area contributed by atoms with E-state index in [-0.39, 0.29) is 35.9 Å². The monoisotopic (exact) mass is 584 g/mol. The smallest absolute Gasteiger partial charge is 0.326 e. The average molecular weight is 585 g/mol. The number of nitrogens with zero attached hydrogens (tertiary/aromatic N) is 1. The van der Waals surface area contributed by atoms with E-state index in [4.69, 9.17) is 4.74 Å². The number of Topliss-reactive ketones (excluding diaryl/α,β-unsaturated/α-hetero) is 1. The molecular formula is C30H30F2N2O6S. The lowest BCUT2D eigenvalue weighted by Gasteiger charge is -2.59. The summed E-state index contributed by atoms with van der Waals surface area (Å²) in [5.41, 5.74) is 1.43. The van der Waals surface area contributed by atoms with Gasteiger partial charge in [0.15, 0.2) is 12.4 Å². The average Bonchev–Trinajstić information content (AvgIpc) is 2.93. The molecule has 41 heavy (non-hydrogen) atoms. The SMILES string of the molecule is CC(C)[C@@H](NC(=O)COc1ccc([C@@H]2[C@H](SCC(=O)c3ccc(F)cc3)C[N+]2([O-])c2ccc(F)cc2)cc1)C(=O)O. The van der Waals surface area contributed by atoms with Crippen LogP contribution in [0.2, 0.25) is 0 Å². The van der Waals surface area contributed by atoms with Gasteiger partial charge in [0.2, 0.25) is 0 Å². The molecule has 0 saturated carbocycles. The third-order valence-corrected chi connectivity index (χ3v) is 8.22. The molecule has 11 heteroatoms. The molecule has 4 atom stereocenters. The Morgan fingerprint density at radius 2 is 1.59 bits per heavy atom. The number of carbonyl (C=O) groups excluding carboxylic acids is 2. The number of carbonyl (C=O) groups is 3. The van der Waals surface area contributed by atoms with Gasteiger partial charge >= 0.3 is 5.97 Å². The van der Waals surface area contributed by atoms with Gasteiger partial charge in [-0.25, -0.2) is 13.6 Å². The molecule has 2 N–H and O–H groups in total. The van der Waals surface area contributed by atoms with E-state index in [1.54, 1.807) is 38.1 Å². The second-order valence-corrected chi connectivity index (χ2v) is 11.4. The molecule has 4 rings (SSSR count). The van der Waals surface area contributed by atoms with Crippen molar-refractivity contribution in [3.05, 3.63) is 101 Å². The van der Waals surface area contributed by atoms with Gasteiger partial charge in [-0.15, -0.1) is 11.8 Å². The molecule has 1 saturated heterocycles. The maximum Gasteiger partial charge on any atom is 0.326 e. The zero-order valence-electron chi connectivity index (χ0n) is 22.5. The first-order chi connectivity index (χ1) is 19.5. The Morgan fingerprint density at radius 1 is 1.00 bits per heavy atom. The summed E-state index contributed by atoms with van der Waals surface area (Å²) >= 11 is 1.34. The molecule has 0 bridgehead atoms. The van der Waals surface area contributed by atoms with Crippen LogP contribution < -0.4 is 14.7 Å². The van der Waals surface area contributed by atoms with Crippen LogP contribution in [0, 0.1) is 22.8 Å². The highest BCUT2D eigenvalue weighted by Gasteiger charge is 2.51. The van der Waals surface area contributed by atoms with Gasteiger partial charge in [0.25, 0.3) is 5.91 Å². The maximum absolute atomic E-state index is 14.0. The van der Waals surface area contributed by atoms with Gasteiger partial charge in [0.05, 0.1) is 5.75 Å². The number of carboxylic acid groups (broad SMARTS) is 1. The summed E-state index contributed by atoms with van der Waals surface area (Å²) in [7, 11) is 0. The molecule has 1 unspecified atom stereocenters. The van der Waals surface area contributed by atoms with Crippen LogP contribution in [-0.2, 0) is 9.59 Å². The summed E-state index contributed by atoms with van der Waals surface area (Å²) in [4.78, 5) is 36.2. The summed E-state index contributed by atoms with van der Waals surface area (Å²) in [5, 5.41) is 25.5. The molecule has 8 nitrogen and oxygen atoms in total. The number of aliphatic carboxylic acids is 1. The van der Waals surface area contributed by atoms with Gasteiger partial charge in [-0.1, -0.05) is 13.8 Å². The van der Waals surface area contributed by atoms with Crippen molar-refractivity contribution >= 4 is 35.1 Å². The highest BCUT2D eigenvalue weighted by molar-refractivity contribution is 8.00. The zero-order chi connectivity index (χ0) is 29.7. The number of rotatable bonds is 12. The van der Waals surface area contributed by atoms with E-state index >= 15 is 0 Å². The Balaban J connectivity index is 1.46. The Morgan fingerprint density at radius 3 is 2.15 bits per heavy atom. The lowest BCUT2D eigenvalue weighted by molar-refractivity contribution is -0.143. The van der Waals surface area contributed by atoms with Crippen LogP contribution in [0.15, 0.2) is 72.8 Å². The molecule has 1 fully saturated rings. The van der Waals surface area contributed by atoms with Crippen molar-refractivity contribution in [3.8, 4) is 5.75 Å². The Hall–Kier alpha value is -3.80. The minimum atomic E-state index is -1.13. The van der Waals surface area contributed by atoms with E-state index < -0.39 is 40.2 Å². The van der Waals surface area contributed by atoms with Crippen molar-refractivity contribution < 1.29 is 33.0 Å². The van der Waals surface area contributed by atoms with Gasteiger partial charge in [-0.2, -0.15) is 0 Å². The Labute approximate surface area is 240 Å². The van der Waals surface area contributed by atoms with Crippen LogP contribution in [0.4, 0.5) is 14.5 Å². The van der Waals surface area contributed by atoms with Crippen molar-refractivity contribution in [2.24, 2.45) is 5.92 Å². The van der Waals surface area contributed by atoms with E-state index in [2.05, 4.69) is 5.32 Å². The molecule has 0 spiro atoms. The second kappa shape index (κ2) is 12.8. The van der Waals surface area contributed by atoms with Crippen LogP contribution in [0.1, 0.15) is 35.8 Å². The molecule has 0 aromatic heterocycles. The summed E-state index contributed by atoms with van der Waals surface area (Å²) in [6, 6.07) is 15.7. The minimum absolute atomic E-state index is 0.0975. The molecular weight excluding hydrogens is 554 g/mol. The third kappa shape index (κ3) is 7.10. The molecule has 1 heterocycles. The van der Waals surface area contributed by atoms with E-state index in [1.165, 1.54) is 60.3 Å². The molecule has 3 aromatic rings. The first-order valence-corrected chi connectivity index (χ1v) is 14.0. The molecule has 1 aliphatic rings. The van der Waals surface area contributed by atoms with Gasteiger partial charge < -0.3 is 25.0 Å². The highest BCUT2D eigenvalue weighted by Crippen LogP contribution is 2.50. The Bertz CT molecular complexity index is 1390. The van der Waals surface area contributed by atoms with Gasteiger partial charge in [0, 0.05) is 23.3 Å². The quantitative estimate of drug-likeness (QED) is 0.173. The normalized spacial score (nSPS) is 20.6. The summed E-state index contributed by atoms with van der Waals surface area (Å²) in [6.45, 7) is 3.14. The van der Waals surface area contributed by atoms with E-state index in [1.807, 2.05) is 0 Å². The van der Waals surface area contributed by atoms with Crippen molar-refractivity contribution in [1.82, 2.24) is 9.96 Å². The minimum Gasteiger partial charge on any atom is -0.627 e. The lowest BCUT2D eigenvalue weighted by atomic mass is 9.92. The van der Waals surface area contributed by atoms with Crippen molar-refractivity contribution in [2.75, 3.05) is 18.9 Å². The summed E-state index contributed by atoms with van der Waals surface area (Å²) < 4.78 is 31.6. The molecule has 3 aromatic carbocycles. The van der Waals surface area contributed by atoms with Crippen molar-refractivity contribution in [1.29, 1.82) is 0 Å². The number of amides is 1. The fraction of sp³-hybridized carbons (Fsp3) is 0.300. The van der Waals surface area contributed by atoms with E-state index in [0.29, 0.717) is 22.6 Å².